The summed E-state index contributed by atoms with van der Waals surface area (Å²) in [6.45, 7) is 4.00. The maximum Gasteiger partial charge on any atom is 0.311 e. The van der Waals surface area contributed by atoms with Crippen molar-refractivity contribution in [3.63, 3.8) is 0 Å². The van der Waals surface area contributed by atoms with E-state index in [4.69, 9.17) is 4.74 Å². The number of carbonyl (C=O) groups is 1. The van der Waals surface area contributed by atoms with Gasteiger partial charge in [-0.1, -0.05) is 56.3 Å². The molecule has 3 nitrogen and oxygen atoms in total. The summed E-state index contributed by atoms with van der Waals surface area (Å²) < 4.78 is 5.33. The molecule has 0 radical (unpaired) electrons. The quantitative estimate of drug-likeness (QED) is 0.868. The van der Waals surface area contributed by atoms with E-state index in [-0.39, 0.29) is 5.92 Å². The van der Waals surface area contributed by atoms with Gasteiger partial charge in [-0.15, -0.1) is 0 Å². The largest absolute Gasteiger partial charge is 0.496 e. The Morgan fingerprint density at radius 1 is 1.14 bits per heavy atom. The Morgan fingerprint density at radius 2 is 1.82 bits per heavy atom. The molecule has 1 N–H and O–H groups in total. The number of aliphatic carboxylic acids is 1. The number of methoxy groups -OCH3 is 1. The molecule has 116 valence electrons. The van der Waals surface area contributed by atoms with Crippen LogP contribution in [0.5, 0.6) is 5.75 Å². The van der Waals surface area contributed by atoms with E-state index in [1.54, 1.807) is 7.11 Å². The SMILES string of the molecule is CCc1cc(C(C(=O)O)C(C)c2ccccc2)ccc1OC. The summed E-state index contributed by atoms with van der Waals surface area (Å²) in [4.78, 5) is 11.8. The highest BCUT2D eigenvalue weighted by Gasteiger charge is 2.28. The van der Waals surface area contributed by atoms with Crippen molar-refractivity contribution < 1.29 is 14.6 Å². The second kappa shape index (κ2) is 7.12. The minimum Gasteiger partial charge on any atom is -0.496 e. The average Bonchev–Trinajstić information content (AvgIpc) is 2.55. The molecule has 22 heavy (non-hydrogen) atoms. The molecule has 0 saturated carbocycles. The van der Waals surface area contributed by atoms with Gasteiger partial charge >= 0.3 is 5.97 Å². The molecule has 0 spiro atoms. The van der Waals surface area contributed by atoms with Crippen molar-refractivity contribution >= 4 is 5.97 Å². The van der Waals surface area contributed by atoms with Crippen LogP contribution in [0.3, 0.4) is 0 Å². The zero-order valence-electron chi connectivity index (χ0n) is 13.2. The van der Waals surface area contributed by atoms with Gasteiger partial charge in [-0.25, -0.2) is 0 Å². The van der Waals surface area contributed by atoms with E-state index in [0.717, 1.165) is 28.9 Å². The van der Waals surface area contributed by atoms with E-state index in [0.29, 0.717) is 0 Å². The van der Waals surface area contributed by atoms with Crippen LogP contribution in [0.1, 0.15) is 42.4 Å². The van der Waals surface area contributed by atoms with Crippen molar-refractivity contribution in [2.24, 2.45) is 0 Å². The van der Waals surface area contributed by atoms with E-state index in [1.807, 2.05) is 62.4 Å². The van der Waals surface area contributed by atoms with Crippen molar-refractivity contribution in [1.29, 1.82) is 0 Å². The molecule has 0 heterocycles. The first-order valence-electron chi connectivity index (χ1n) is 7.53. The highest BCUT2D eigenvalue weighted by atomic mass is 16.5. The minimum atomic E-state index is -0.802. The first-order valence-corrected chi connectivity index (χ1v) is 7.53. The second-order valence-electron chi connectivity index (χ2n) is 5.44. The zero-order chi connectivity index (χ0) is 16.1. The van der Waals surface area contributed by atoms with Gasteiger partial charge in [-0.05, 0) is 35.1 Å². The fourth-order valence-corrected chi connectivity index (χ4v) is 2.86. The van der Waals surface area contributed by atoms with Crippen LogP contribution in [-0.4, -0.2) is 18.2 Å². The van der Waals surface area contributed by atoms with Crippen LogP contribution in [0.2, 0.25) is 0 Å². The molecule has 0 aliphatic carbocycles. The summed E-state index contributed by atoms with van der Waals surface area (Å²) in [5.74, 6) is -0.665. The molecule has 0 bridgehead atoms. The number of carboxylic acids is 1. The molecule has 2 rings (SSSR count). The van der Waals surface area contributed by atoms with Gasteiger partial charge in [0.2, 0.25) is 0 Å². The molecule has 2 aromatic rings. The van der Waals surface area contributed by atoms with Crippen molar-refractivity contribution in [3.05, 3.63) is 65.2 Å². The van der Waals surface area contributed by atoms with Crippen LogP contribution < -0.4 is 4.74 Å². The number of rotatable bonds is 6. The van der Waals surface area contributed by atoms with Crippen LogP contribution >= 0.6 is 0 Å². The van der Waals surface area contributed by atoms with E-state index in [9.17, 15) is 9.90 Å². The van der Waals surface area contributed by atoms with Gasteiger partial charge in [0, 0.05) is 0 Å². The molecule has 0 amide bonds. The molecule has 0 saturated heterocycles. The lowest BCUT2D eigenvalue weighted by Gasteiger charge is -2.22. The third-order valence-electron chi connectivity index (χ3n) is 4.14. The van der Waals surface area contributed by atoms with Crippen LogP contribution in [0.4, 0.5) is 0 Å². The molecule has 2 atom stereocenters. The molecular weight excluding hydrogens is 276 g/mol. The second-order valence-corrected chi connectivity index (χ2v) is 5.44. The van der Waals surface area contributed by atoms with Gasteiger partial charge < -0.3 is 9.84 Å². The van der Waals surface area contributed by atoms with E-state index >= 15 is 0 Å². The Balaban J connectivity index is 2.42. The number of hydrogen-bond donors (Lipinski definition) is 1. The van der Waals surface area contributed by atoms with Crippen molar-refractivity contribution in [3.8, 4) is 5.75 Å². The maximum absolute atomic E-state index is 11.8. The number of ether oxygens (including phenoxy) is 1. The Kier molecular flexibility index (Phi) is 5.21. The highest BCUT2D eigenvalue weighted by molar-refractivity contribution is 5.77. The number of carboxylic acid groups (broad SMARTS) is 1. The topological polar surface area (TPSA) is 46.5 Å². The monoisotopic (exact) mass is 298 g/mol. The molecule has 2 unspecified atom stereocenters. The summed E-state index contributed by atoms with van der Waals surface area (Å²) >= 11 is 0. The summed E-state index contributed by atoms with van der Waals surface area (Å²) in [7, 11) is 1.63. The smallest absolute Gasteiger partial charge is 0.311 e. The fourth-order valence-electron chi connectivity index (χ4n) is 2.86. The Morgan fingerprint density at radius 3 is 2.36 bits per heavy atom. The molecule has 0 aromatic heterocycles. The summed E-state index contributed by atoms with van der Waals surface area (Å²) in [6, 6.07) is 15.5. The lowest BCUT2D eigenvalue weighted by Crippen LogP contribution is -2.18. The van der Waals surface area contributed by atoms with Gasteiger partial charge in [0.25, 0.3) is 0 Å². The third-order valence-corrected chi connectivity index (χ3v) is 4.14. The van der Waals surface area contributed by atoms with Crippen molar-refractivity contribution in [1.82, 2.24) is 0 Å². The molecule has 0 aliphatic rings. The van der Waals surface area contributed by atoms with Gasteiger partial charge in [0.1, 0.15) is 5.75 Å². The molecule has 0 fully saturated rings. The van der Waals surface area contributed by atoms with Gasteiger partial charge in [-0.3, -0.25) is 4.79 Å². The summed E-state index contributed by atoms with van der Waals surface area (Å²) in [6.07, 6.45) is 0.809. The third kappa shape index (κ3) is 3.30. The Bertz CT molecular complexity index is 634. The normalized spacial score (nSPS) is 13.4. The Hall–Kier alpha value is -2.29. The fraction of sp³-hybridized carbons (Fsp3) is 0.316. The first-order chi connectivity index (χ1) is 10.6. The van der Waals surface area contributed by atoms with Crippen LogP contribution in [0.25, 0.3) is 0 Å². The van der Waals surface area contributed by atoms with E-state index in [2.05, 4.69) is 0 Å². The predicted molar refractivity (Wildman–Crippen MR) is 87.6 cm³/mol. The number of benzene rings is 2. The first kappa shape index (κ1) is 16.1. The summed E-state index contributed by atoms with van der Waals surface area (Å²) in [5, 5.41) is 9.72. The van der Waals surface area contributed by atoms with E-state index < -0.39 is 11.9 Å². The number of hydrogen-bond acceptors (Lipinski definition) is 2. The van der Waals surface area contributed by atoms with Gasteiger partial charge in [-0.2, -0.15) is 0 Å². The van der Waals surface area contributed by atoms with E-state index in [1.165, 1.54) is 0 Å². The van der Waals surface area contributed by atoms with Crippen molar-refractivity contribution in [2.45, 2.75) is 32.1 Å². The standard InChI is InChI=1S/C19H22O3/c1-4-14-12-16(10-11-17(14)22-3)18(19(20)21)13(2)15-8-6-5-7-9-15/h5-13,18H,4H2,1-3H3,(H,20,21). The molecular formula is C19H22O3. The lowest BCUT2D eigenvalue weighted by atomic mass is 9.82. The van der Waals surface area contributed by atoms with Crippen LogP contribution in [0, 0.1) is 0 Å². The molecule has 3 heteroatoms. The summed E-state index contributed by atoms with van der Waals surface area (Å²) in [5.41, 5.74) is 2.89. The van der Waals surface area contributed by atoms with Gasteiger partial charge in [0.15, 0.2) is 0 Å². The Labute approximate surface area is 131 Å². The molecule has 0 aliphatic heterocycles. The highest BCUT2D eigenvalue weighted by Crippen LogP contribution is 2.35. The minimum absolute atomic E-state index is 0.100. The average molecular weight is 298 g/mol. The van der Waals surface area contributed by atoms with Crippen LogP contribution in [-0.2, 0) is 11.2 Å². The predicted octanol–water partition coefficient (Wildman–Crippen LogP) is 4.23. The van der Waals surface area contributed by atoms with Gasteiger partial charge in [0.05, 0.1) is 13.0 Å². The number of aryl methyl sites for hydroxylation is 1. The zero-order valence-corrected chi connectivity index (χ0v) is 13.2. The molecule has 2 aromatic carbocycles. The maximum atomic E-state index is 11.8. The van der Waals surface area contributed by atoms with Crippen LogP contribution in [0.15, 0.2) is 48.5 Å². The lowest BCUT2D eigenvalue weighted by molar-refractivity contribution is -0.139. The van der Waals surface area contributed by atoms with Crippen molar-refractivity contribution in [2.75, 3.05) is 7.11 Å².